The lowest BCUT2D eigenvalue weighted by Crippen LogP contribution is -2.03. The van der Waals surface area contributed by atoms with Crippen LogP contribution >= 0.6 is 35.0 Å². The molecule has 0 amide bonds. The van der Waals surface area contributed by atoms with Crippen molar-refractivity contribution in [1.29, 1.82) is 0 Å². The molecular weight excluding hydrogens is 253 g/mol. The van der Waals surface area contributed by atoms with Gasteiger partial charge in [0.25, 0.3) is 0 Å². The van der Waals surface area contributed by atoms with Gasteiger partial charge in [-0.1, -0.05) is 41.0 Å². The predicted molar refractivity (Wildman–Crippen MR) is 69.2 cm³/mol. The summed E-state index contributed by atoms with van der Waals surface area (Å²) in [5.74, 6) is 0. The molecule has 0 saturated carbocycles. The van der Waals surface area contributed by atoms with Crippen LogP contribution in [0.5, 0.6) is 0 Å². The average Bonchev–Trinajstić information content (AvgIpc) is 2.21. The normalized spacial score (nSPS) is 12.3. The maximum Gasteiger partial charge on any atom is 0.180 e. The monoisotopic (exact) mass is 261 g/mol. The minimum Gasteiger partial charge on any atom is -0.377 e. The van der Waals surface area contributed by atoms with Crippen molar-refractivity contribution >= 4 is 46.3 Å². The summed E-state index contributed by atoms with van der Waals surface area (Å²) in [5.41, 5.74) is 6.19. The molecule has 1 aromatic carbocycles. The number of halogens is 2. The van der Waals surface area contributed by atoms with Crippen molar-refractivity contribution in [2.45, 2.75) is 0 Å². The summed E-state index contributed by atoms with van der Waals surface area (Å²) in [6, 6.07) is 5.14. The highest BCUT2D eigenvalue weighted by Crippen LogP contribution is 2.19. The molecule has 80 valence electrons. The quantitative estimate of drug-likeness (QED) is 0.506. The van der Waals surface area contributed by atoms with Crippen molar-refractivity contribution in [1.82, 2.24) is 0 Å². The van der Waals surface area contributed by atoms with Crippen LogP contribution in [0.3, 0.4) is 0 Å². The zero-order valence-corrected chi connectivity index (χ0v) is 10.3. The van der Waals surface area contributed by atoms with E-state index in [9.17, 15) is 0 Å². The van der Waals surface area contributed by atoms with Crippen molar-refractivity contribution in [3.63, 3.8) is 0 Å². The van der Waals surface area contributed by atoms with Gasteiger partial charge in [0.2, 0.25) is 0 Å². The van der Waals surface area contributed by atoms with Crippen molar-refractivity contribution in [2.24, 2.45) is 15.9 Å². The Morgan fingerprint density at radius 1 is 1.47 bits per heavy atom. The Hall–Kier alpha value is -0.710. The Morgan fingerprint density at radius 2 is 2.20 bits per heavy atom. The van der Waals surface area contributed by atoms with Crippen molar-refractivity contribution in [3.8, 4) is 0 Å². The van der Waals surface area contributed by atoms with E-state index in [1.165, 1.54) is 18.0 Å². The molecule has 6 heteroatoms. The first-order valence-electron chi connectivity index (χ1n) is 3.99. The van der Waals surface area contributed by atoms with E-state index in [1.807, 2.05) is 6.26 Å². The molecule has 1 rings (SSSR count). The van der Waals surface area contributed by atoms with Crippen LogP contribution < -0.4 is 5.73 Å². The minimum absolute atomic E-state index is 0.399. The maximum atomic E-state index is 5.92. The van der Waals surface area contributed by atoms with Crippen LogP contribution in [0.2, 0.25) is 10.0 Å². The molecule has 2 N–H and O–H groups in total. The second kappa shape index (κ2) is 6.00. The van der Waals surface area contributed by atoms with E-state index in [0.717, 1.165) is 5.56 Å². The van der Waals surface area contributed by atoms with Gasteiger partial charge >= 0.3 is 0 Å². The summed E-state index contributed by atoms with van der Waals surface area (Å²) in [7, 11) is 0. The third-order valence-corrected chi connectivity index (χ3v) is 2.59. The molecule has 0 atom stereocenters. The van der Waals surface area contributed by atoms with E-state index in [-0.39, 0.29) is 0 Å². The van der Waals surface area contributed by atoms with E-state index in [2.05, 4.69) is 10.2 Å². The summed E-state index contributed by atoms with van der Waals surface area (Å²) >= 11 is 13.0. The SMILES string of the molecule is CS/C(N)=N/N=C/c1ccc(Cl)cc1Cl. The Morgan fingerprint density at radius 3 is 2.80 bits per heavy atom. The van der Waals surface area contributed by atoms with Crippen molar-refractivity contribution in [3.05, 3.63) is 33.8 Å². The number of rotatable bonds is 2. The van der Waals surface area contributed by atoms with Crippen LogP contribution in [-0.2, 0) is 0 Å². The van der Waals surface area contributed by atoms with E-state index in [1.54, 1.807) is 18.2 Å². The number of hydrogen-bond acceptors (Lipinski definition) is 3. The first-order chi connectivity index (χ1) is 7.13. The van der Waals surface area contributed by atoms with Crippen molar-refractivity contribution in [2.75, 3.05) is 6.26 Å². The van der Waals surface area contributed by atoms with Gasteiger partial charge in [-0.25, -0.2) is 0 Å². The van der Waals surface area contributed by atoms with Crippen LogP contribution in [0.1, 0.15) is 5.56 Å². The molecular formula is C9H9Cl2N3S. The summed E-state index contributed by atoms with van der Waals surface area (Å²) in [4.78, 5) is 0. The number of thioether (sulfide) groups is 1. The Labute approximate surface area is 102 Å². The lowest BCUT2D eigenvalue weighted by atomic mass is 10.2. The fraction of sp³-hybridized carbons (Fsp3) is 0.111. The molecule has 0 unspecified atom stereocenters. The molecule has 1 aromatic rings. The van der Waals surface area contributed by atoms with Crippen LogP contribution in [0, 0.1) is 0 Å². The van der Waals surface area contributed by atoms with Gasteiger partial charge in [-0.2, -0.15) is 5.10 Å². The standard InChI is InChI=1S/C9H9Cl2N3S/c1-15-9(12)14-13-5-6-2-3-7(10)4-8(6)11/h2-5H,1H3,(H2,12,14)/b13-5+. The second-order valence-electron chi connectivity index (χ2n) is 2.55. The highest BCUT2D eigenvalue weighted by Gasteiger charge is 1.97. The highest BCUT2D eigenvalue weighted by atomic mass is 35.5. The topological polar surface area (TPSA) is 50.7 Å². The fourth-order valence-electron chi connectivity index (χ4n) is 0.795. The van der Waals surface area contributed by atoms with Gasteiger partial charge in [-0.15, -0.1) is 5.10 Å². The zero-order chi connectivity index (χ0) is 11.3. The summed E-state index contributed by atoms with van der Waals surface area (Å²) < 4.78 is 0. The molecule has 0 aromatic heterocycles. The van der Waals surface area contributed by atoms with Gasteiger partial charge in [0.15, 0.2) is 5.17 Å². The van der Waals surface area contributed by atoms with Crippen molar-refractivity contribution < 1.29 is 0 Å². The molecule has 0 radical (unpaired) electrons. The second-order valence-corrected chi connectivity index (χ2v) is 4.22. The number of benzene rings is 1. The smallest absolute Gasteiger partial charge is 0.180 e. The lowest BCUT2D eigenvalue weighted by molar-refractivity contribution is 1.25. The first-order valence-corrected chi connectivity index (χ1v) is 5.97. The van der Waals surface area contributed by atoms with E-state index in [0.29, 0.717) is 15.2 Å². The first kappa shape index (κ1) is 12.4. The minimum atomic E-state index is 0.399. The highest BCUT2D eigenvalue weighted by molar-refractivity contribution is 8.13. The van der Waals surface area contributed by atoms with Gasteiger partial charge in [-0.3, -0.25) is 0 Å². The fourth-order valence-corrected chi connectivity index (χ4v) is 1.38. The van der Waals surface area contributed by atoms with Crippen LogP contribution in [-0.4, -0.2) is 17.6 Å². The third-order valence-electron chi connectivity index (χ3n) is 1.52. The zero-order valence-electron chi connectivity index (χ0n) is 7.95. The maximum absolute atomic E-state index is 5.92. The number of nitrogens with two attached hydrogens (primary N) is 1. The molecule has 0 aliphatic carbocycles. The average molecular weight is 262 g/mol. The Balaban J connectivity index is 2.81. The number of amidine groups is 1. The molecule has 0 bridgehead atoms. The van der Waals surface area contributed by atoms with Gasteiger partial charge in [0.1, 0.15) is 0 Å². The molecule has 0 spiro atoms. The van der Waals surface area contributed by atoms with Gasteiger partial charge in [-0.05, 0) is 18.4 Å². The van der Waals surface area contributed by atoms with Gasteiger partial charge in [0.05, 0.1) is 11.2 Å². The Kier molecular flexibility index (Phi) is 4.94. The Bertz CT molecular complexity index is 404. The van der Waals surface area contributed by atoms with Crippen LogP contribution in [0.4, 0.5) is 0 Å². The lowest BCUT2D eigenvalue weighted by Gasteiger charge is -1.96. The largest absolute Gasteiger partial charge is 0.377 e. The summed E-state index contributed by atoms with van der Waals surface area (Å²) in [6.07, 6.45) is 3.35. The molecule has 0 aliphatic heterocycles. The molecule has 0 heterocycles. The van der Waals surface area contributed by atoms with E-state index in [4.69, 9.17) is 28.9 Å². The molecule has 0 fully saturated rings. The van der Waals surface area contributed by atoms with Gasteiger partial charge in [0, 0.05) is 10.6 Å². The van der Waals surface area contributed by atoms with Crippen LogP contribution in [0.15, 0.2) is 28.4 Å². The molecule has 3 nitrogen and oxygen atoms in total. The van der Waals surface area contributed by atoms with Gasteiger partial charge < -0.3 is 5.73 Å². The van der Waals surface area contributed by atoms with Crippen LogP contribution in [0.25, 0.3) is 0 Å². The summed E-state index contributed by atoms with van der Waals surface area (Å²) in [6.45, 7) is 0. The predicted octanol–water partition coefficient (Wildman–Crippen LogP) is 3.01. The number of nitrogens with zero attached hydrogens (tertiary/aromatic N) is 2. The third kappa shape index (κ3) is 4.11. The van der Waals surface area contributed by atoms with E-state index < -0.39 is 0 Å². The molecule has 0 aliphatic rings. The van der Waals surface area contributed by atoms with E-state index >= 15 is 0 Å². The molecule has 15 heavy (non-hydrogen) atoms. The molecule has 0 saturated heterocycles. The number of hydrogen-bond donors (Lipinski definition) is 1. The summed E-state index contributed by atoms with van der Waals surface area (Å²) in [5, 5.41) is 9.05.